The molecule has 4 nitrogen and oxygen atoms in total. The highest BCUT2D eigenvalue weighted by atomic mass is 19.4. The lowest BCUT2D eigenvalue weighted by Crippen LogP contribution is -2.39. The molecular formula is C11H14F3N3O. The number of rotatable bonds is 5. The molecule has 0 aliphatic carbocycles. The molecule has 0 fully saturated rings. The minimum absolute atomic E-state index is 0.135. The molecule has 2 N–H and O–H groups in total. The highest BCUT2D eigenvalue weighted by Gasteiger charge is 2.27. The van der Waals surface area contributed by atoms with Crippen LogP contribution in [0.25, 0.3) is 0 Å². The van der Waals surface area contributed by atoms with E-state index < -0.39 is 18.6 Å². The van der Waals surface area contributed by atoms with Crippen molar-refractivity contribution >= 4 is 5.91 Å². The zero-order valence-corrected chi connectivity index (χ0v) is 9.79. The molecule has 18 heavy (non-hydrogen) atoms. The van der Waals surface area contributed by atoms with Crippen LogP contribution in [-0.2, 0) is 4.79 Å². The summed E-state index contributed by atoms with van der Waals surface area (Å²) in [6, 6.07) is 3.40. The Morgan fingerprint density at radius 1 is 1.39 bits per heavy atom. The van der Waals surface area contributed by atoms with Crippen molar-refractivity contribution < 1.29 is 18.0 Å². The van der Waals surface area contributed by atoms with E-state index in [1.165, 1.54) is 0 Å². The van der Waals surface area contributed by atoms with Crippen molar-refractivity contribution in [3.05, 3.63) is 30.1 Å². The highest BCUT2D eigenvalue weighted by molar-refractivity contribution is 5.78. The molecule has 0 saturated heterocycles. The number of hydrogen-bond donors (Lipinski definition) is 2. The average Bonchev–Trinajstić information content (AvgIpc) is 2.33. The van der Waals surface area contributed by atoms with Gasteiger partial charge in [-0.1, -0.05) is 0 Å². The van der Waals surface area contributed by atoms with E-state index in [1.807, 2.05) is 6.92 Å². The van der Waals surface area contributed by atoms with Crippen molar-refractivity contribution in [2.75, 3.05) is 13.1 Å². The summed E-state index contributed by atoms with van der Waals surface area (Å²) >= 11 is 0. The third-order valence-electron chi connectivity index (χ3n) is 2.26. The van der Waals surface area contributed by atoms with E-state index >= 15 is 0 Å². The molecule has 100 valence electrons. The Hall–Kier alpha value is -1.63. The largest absolute Gasteiger partial charge is 0.405 e. The Bertz CT molecular complexity index is 381. The first-order chi connectivity index (χ1) is 8.38. The topological polar surface area (TPSA) is 54.0 Å². The lowest BCUT2D eigenvalue weighted by atomic mass is 10.1. The number of aromatic nitrogens is 1. The lowest BCUT2D eigenvalue weighted by Gasteiger charge is -2.14. The van der Waals surface area contributed by atoms with Gasteiger partial charge in [0.25, 0.3) is 0 Å². The van der Waals surface area contributed by atoms with E-state index in [0.717, 1.165) is 5.56 Å². The minimum atomic E-state index is -4.38. The van der Waals surface area contributed by atoms with E-state index in [2.05, 4.69) is 10.3 Å². The highest BCUT2D eigenvalue weighted by Crippen LogP contribution is 2.12. The Balaban J connectivity index is 2.31. The summed E-state index contributed by atoms with van der Waals surface area (Å²) in [6.07, 6.45) is -1.17. The fourth-order valence-corrected chi connectivity index (χ4v) is 1.28. The van der Waals surface area contributed by atoms with Crippen molar-refractivity contribution in [2.45, 2.75) is 19.1 Å². The number of carbonyl (C=O) groups excluding carboxylic acids is 1. The molecule has 1 heterocycles. The van der Waals surface area contributed by atoms with Crippen LogP contribution in [0.15, 0.2) is 24.5 Å². The predicted molar refractivity (Wildman–Crippen MR) is 59.7 cm³/mol. The van der Waals surface area contributed by atoms with E-state index in [-0.39, 0.29) is 12.6 Å². The Morgan fingerprint density at radius 3 is 2.56 bits per heavy atom. The van der Waals surface area contributed by atoms with Crippen molar-refractivity contribution in [1.29, 1.82) is 0 Å². The van der Waals surface area contributed by atoms with Gasteiger partial charge in [-0.15, -0.1) is 0 Å². The molecule has 0 aliphatic rings. The van der Waals surface area contributed by atoms with Crippen LogP contribution in [0.4, 0.5) is 13.2 Å². The number of pyridine rings is 1. The van der Waals surface area contributed by atoms with Gasteiger partial charge in [0.05, 0.1) is 6.54 Å². The smallest absolute Gasteiger partial charge is 0.346 e. The van der Waals surface area contributed by atoms with Gasteiger partial charge in [0.15, 0.2) is 0 Å². The quantitative estimate of drug-likeness (QED) is 0.842. The van der Waals surface area contributed by atoms with Gasteiger partial charge in [-0.2, -0.15) is 13.2 Å². The van der Waals surface area contributed by atoms with Crippen LogP contribution < -0.4 is 10.6 Å². The van der Waals surface area contributed by atoms with Crippen molar-refractivity contribution in [2.24, 2.45) is 0 Å². The summed E-state index contributed by atoms with van der Waals surface area (Å²) in [7, 11) is 0. The van der Waals surface area contributed by atoms with Crippen LogP contribution >= 0.6 is 0 Å². The molecule has 1 amide bonds. The molecule has 1 rings (SSSR count). The summed E-state index contributed by atoms with van der Waals surface area (Å²) < 4.78 is 35.5. The van der Waals surface area contributed by atoms with Crippen LogP contribution in [-0.4, -0.2) is 30.2 Å². The number of nitrogens with zero attached hydrogens (tertiary/aromatic N) is 1. The third-order valence-corrected chi connectivity index (χ3v) is 2.26. The van der Waals surface area contributed by atoms with E-state index in [9.17, 15) is 18.0 Å². The fraction of sp³-hybridized carbons (Fsp3) is 0.455. The zero-order valence-electron chi connectivity index (χ0n) is 9.79. The van der Waals surface area contributed by atoms with Gasteiger partial charge in [0.2, 0.25) is 5.91 Å². The number of amides is 1. The molecular weight excluding hydrogens is 247 g/mol. The number of carbonyl (C=O) groups is 1. The molecule has 0 aliphatic heterocycles. The molecule has 1 atom stereocenters. The summed E-state index contributed by atoms with van der Waals surface area (Å²) in [5.41, 5.74) is 0.911. The maximum atomic E-state index is 11.8. The van der Waals surface area contributed by atoms with Crippen LogP contribution in [0, 0.1) is 0 Å². The normalized spacial score (nSPS) is 13.1. The van der Waals surface area contributed by atoms with E-state index in [4.69, 9.17) is 0 Å². The molecule has 0 spiro atoms. The van der Waals surface area contributed by atoms with Gasteiger partial charge >= 0.3 is 6.18 Å². The summed E-state index contributed by atoms with van der Waals surface area (Å²) in [5, 5.41) is 4.62. The Morgan fingerprint density at radius 2 is 2.00 bits per heavy atom. The molecule has 1 unspecified atom stereocenters. The standard InChI is InChI=1S/C11H14F3N3O/c1-8(9-2-4-15-5-3-9)16-6-10(18)17-7-11(12,13)14/h2-5,8,16H,6-7H2,1H3,(H,17,18). The Labute approximate surface area is 103 Å². The first-order valence-electron chi connectivity index (χ1n) is 5.35. The van der Waals surface area contributed by atoms with Gasteiger partial charge in [-0.05, 0) is 24.6 Å². The van der Waals surface area contributed by atoms with Gasteiger partial charge in [-0.3, -0.25) is 9.78 Å². The lowest BCUT2D eigenvalue weighted by molar-refractivity contribution is -0.137. The van der Waals surface area contributed by atoms with Gasteiger partial charge in [0.1, 0.15) is 6.54 Å². The maximum absolute atomic E-state index is 11.8. The number of hydrogen-bond acceptors (Lipinski definition) is 3. The first-order valence-corrected chi connectivity index (χ1v) is 5.35. The summed E-state index contributed by atoms with van der Waals surface area (Å²) in [6.45, 7) is 0.336. The van der Waals surface area contributed by atoms with Crippen LogP contribution in [0.3, 0.4) is 0 Å². The molecule has 0 radical (unpaired) electrons. The molecule has 0 bridgehead atoms. The van der Waals surface area contributed by atoms with Crippen LogP contribution in [0.5, 0.6) is 0 Å². The molecule has 1 aromatic rings. The van der Waals surface area contributed by atoms with Crippen LogP contribution in [0.2, 0.25) is 0 Å². The minimum Gasteiger partial charge on any atom is -0.346 e. The third kappa shape index (κ3) is 5.62. The number of nitrogens with one attached hydrogen (secondary N) is 2. The number of alkyl halides is 3. The second-order valence-electron chi connectivity index (χ2n) is 3.78. The SMILES string of the molecule is CC(NCC(=O)NCC(F)(F)F)c1ccncc1. The predicted octanol–water partition coefficient (Wildman–Crippen LogP) is 1.41. The van der Waals surface area contributed by atoms with Crippen LogP contribution in [0.1, 0.15) is 18.5 Å². The zero-order chi connectivity index (χ0) is 13.6. The van der Waals surface area contributed by atoms with Crippen molar-refractivity contribution in [1.82, 2.24) is 15.6 Å². The molecule has 0 aromatic carbocycles. The summed E-state index contributed by atoms with van der Waals surface area (Å²) in [4.78, 5) is 15.0. The molecule has 0 saturated carbocycles. The van der Waals surface area contributed by atoms with Crippen molar-refractivity contribution in [3.63, 3.8) is 0 Å². The first kappa shape index (κ1) is 14.4. The van der Waals surface area contributed by atoms with E-state index in [0.29, 0.717) is 0 Å². The second-order valence-corrected chi connectivity index (χ2v) is 3.78. The Kier molecular flexibility index (Phi) is 5.08. The van der Waals surface area contributed by atoms with Gasteiger partial charge < -0.3 is 10.6 Å². The maximum Gasteiger partial charge on any atom is 0.405 e. The van der Waals surface area contributed by atoms with Crippen molar-refractivity contribution in [3.8, 4) is 0 Å². The molecule has 1 aromatic heterocycles. The second kappa shape index (κ2) is 6.34. The summed E-state index contributed by atoms with van der Waals surface area (Å²) in [5.74, 6) is -0.687. The number of halogens is 3. The molecule has 7 heteroatoms. The van der Waals surface area contributed by atoms with Gasteiger partial charge in [0, 0.05) is 18.4 Å². The average molecular weight is 261 g/mol. The monoisotopic (exact) mass is 261 g/mol. The van der Waals surface area contributed by atoms with E-state index in [1.54, 1.807) is 29.8 Å². The van der Waals surface area contributed by atoms with Gasteiger partial charge in [-0.25, -0.2) is 0 Å². The fourth-order valence-electron chi connectivity index (χ4n) is 1.28.